The van der Waals surface area contributed by atoms with E-state index >= 15 is 0 Å². The lowest BCUT2D eigenvalue weighted by Crippen LogP contribution is -2.64. The van der Waals surface area contributed by atoms with Crippen LogP contribution in [0.15, 0.2) is 24.3 Å². The number of methoxy groups -OCH3 is 1. The summed E-state index contributed by atoms with van der Waals surface area (Å²) in [7, 11) is 0.611. The van der Waals surface area contributed by atoms with E-state index in [0.717, 1.165) is 13.1 Å². The van der Waals surface area contributed by atoms with Crippen LogP contribution in [-0.4, -0.2) is 51.2 Å². The lowest BCUT2D eigenvalue weighted by Gasteiger charge is -2.49. The van der Waals surface area contributed by atoms with E-state index in [9.17, 15) is 0 Å². The monoisotopic (exact) mass is 403 g/mol. The van der Waals surface area contributed by atoms with Crippen LogP contribution in [0.25, 0.3) is 0 Å². The molecule has 1 unspecified atom stereocenters. The van der Waals surface area contributed by atoms with Gasteiger partial charge in [-0.05, 0) is 49.3 Å². The molecule has 2 fully saturated rings. The maximum absolute atomic E-state index is 6.39. The first kappa shape index (κ1) is 22.0. The molecule has 158 valence electrons. The Morgan fingerprint density at radius 2 is 1.61 bits per heavy atom. The van der Waals surface area contributed by atoms with Crippen LogP contribution in [0, 0.1) is 0 Å². The molecule has 28 heavy (non-hydrogen) atoms. The van der Waals surface area contributed by atoms with Gasteiger partial charge in [-0.25, -0.2) is 0 Å². The summed E-state index contributed by atoms with van der Waals surface area (Å²) in [6.07, 6.45) is 7.11. The van der Waals surface area contributed by atoms with E-state index in [0.29, 0.717) is 12.2 Å². The maximum Gasteiger partial charge on any atom is 0.151 e. The molecule has 3 nitrogen and oxygen atoms in total. The number of nitrogens with zero attached hydrogens (tertiary/aromatic N) is 1. The third-order valence-corrected chi connectivity index (χ3v) is 11.0. The molecule has 2 aliphatic rings. The summed E-state index contributed by atoms with van der Waals surface area (Å²) < 4.78 is 15.3. The smallest absolute Gasteiger partial charge is 0.151 e. The largest absolute Gasteiger partial charge is 0.380 e. The predicted molar refractivity (Wildman–Crippen MR) is 120 cm³/mol. The summed E-state index contributed by atoms with van der Waals surface area (Å²) in [6.45, 7) is 13.5. The topological polar surface area (TPSA) is 21.7 Å². The van der Waals surface area contributed by atoms with Crippen molar-refractivity contribution in [2.24, 2.45) is 0 Å². The Balaban J connectivity index is 1.87. The van der Waals surface area contributed by atoms with Crippen molar-refractivity contribution in [1.29, 1.82) is 0 Å². The summed E-state index contributed by atoms with van der Waals surface area (Å²) >= 11 is 0. The van der Waals surface area contributed by atoms with Crippen LogP contribution >= 0.6 is 0 Å². The second kappa shape index (κ2) is 8.99. The minimum Gasteiger partial charge on any atom is -0.380 e. The highest BCUT2D eigenvalue weighted by Gasteiger charge is 2.46. The van der Waals surface area contributed by atoms with Crippen LogP contribution in [0.2, 0.25) is 0 Å². The third kappa shape index (κ3) is 5.07. The van der Waals surface area contributed by atoms with Crippen molar-refractivity contribution < 1.29 is 9.47 Å². The maximum atomic E-state index is 6.39. The van der Waals surface area contributed by atoms with E-state index in [-0.39, 0.29) is 10.6 Å². The van der Waals surface area contributed by atoms with Crippen molar-refractivity contribution in [2.45, 2.75) is 95.6 Å². The van der Waals surface area contributed by atoms with Crippen molar-refractivity contribution in [3.63, 3.8) is 0 Å². The second-order valence-corrected chi connectivity index (χ2v) is 13.4. The Bertz CT molecular complexity index is 608. The second-order valence-electron chi connectivity index (χ2n) is 10.2. The van der Waals surface area contributed by atoms with Gasteiger partial charge >= 0.3 is 0 Å². The van der Waals surface area contributed by atoms with Crippen molar-refractivity contribution in [1.82, 2.24) is 4.57 Å². The van der Waals surface area contributed by atoms with E-state index in [1.54, 1.807) is 0 Å². The molecule has 1 aliphatic heterocycles. The summed E-state index contributed by atoms with van der Waals surface area (Å²) in [5.74, 6) is 0. The molecular weight excluding hydrogens is 362 g/mol. The highest BCUT2D eigenvalue weighted by Crippen LogP contribution is 2.37. The molecule has 0 N–H and O–H groups in total. The molecule has 1 saturated carbocycles. The lowest BCUT2D eigenvalue weighted by molar-refractivity contribution is -0.0541. The normalized spacial score (nSPS) is 27.5. The number of hydrogen-bond donors (Lipinski definition) is 0. The minimum atomic E-state index is -1.36. The van der Waals surface area contributed by atoms with Crippen molar-refractivity contribution in [3.05, 3.63) is 35.4 Å². The number of ether oxygens (including phenoxy) is 2. The fraction of sp³-hybridized carbons (Fsp3) is 0.750. The quantitative estimate of drug-likeness (QED) is 0.660. The zero-order chi connectivity index (χ0) is 20.4. The first-order chi connectivity index (χ1) is 13.2. The summed E-state index contributed by atoms with van der Waals surface area (Å²) in [5.41, 5.74) is 3.11. The molecule has 1 aromatic rings. The van der Waals surface area contributed by atoms with Crippen LogP contribution in [-0.2, 0) is 20.9 Å². The average molecular weight is 404 g/mol. The first-order valence-corrected chi connectivity index (χ1v) is 13.2. The zero-order valence-electron chi connectivity index (χ0n) is 19.0. The fourth-order valence-electron chi connectivity index (χ4n) is 5.31. The molecule has 0 aromatic heterocycles. The molecule has 1 heterocycles. The first-order valence-electron chi connectivity index (χ1n) is 11.3. The van der Waals surface area contributed by atoms with Gasteiger partial charge in [0.25, 0.3) is 0 Å². The number of hydrogen-bond acceptors (Lipinski definition) is 3. The molecule has 0 bridgehead atoms. The van der Waals surface area contributed by atoms with Crippen molar-refractivity contribution in [3.8, 4) is 0 Å². The van der Waals surface area contributed by atoms with Gasteiger partial charge in [0.05, 0.1) is 17.4 Å². The molecule has 3 atom stereocenters. The van der Waals surface area contributed by atoms with Gasteiger partial charge in [0, 0.05) is 20.2 Å². The van der Waals surface area contributed by atoms with E-state index in [2.05, 4.69) is 63.4 Å². The summed E-state index contributed by atoms with van der Waals surface area (Å²) in [6, 6.07) is 10.6. The number of benzene rings is 1. The molecule has 0 amide bonds. The molecule has 4 heteroatoms. The standard InChI is InChI=1S/C24H41NO2Si/c1-19-16-25(17-20(2)27-19)28(24(26-6)14-8-7-9-15-24)18-21-10-12-22(13-11-21)23(3,4)5/h10-13,19-20,28H,7-9,14-18H2,1-6H3/t19-,20+,28?. The van der Waals surface area contributed by atoms with Gasteiger partial charge in [-0.3, -0.25) is 0 Å². The van der Waals surface area contributed by atoms with Crippen molar-refractivity contribution >= 4 is 8.96 Å². The van der Waals surface area contributed by atoms with Crippen LogP contribution in [0.5, 0.6) is 0 Å². The van der Waals surface area contributed by atoms with E-state index in [1.165, 1.54) is 49.3 Å². The van der Waals surface area contributed by atoms with E-state index in [1.807, 2.05) is 7.11 Å². The van der Waals surface area contributed by atoms with Crippen molar-refractivity contribution in [2.75, 3.05) is 20.2 Å². The predicted octanol–water partition coefficient (Wildman–Crippen LogP) is 4.79. The molecule has 1 aliphatic carbocycles. The fourth-order valence-corrected chi connectivity index (χ4v) is 9.77. The SMILES string of the molecule is COC1([SiH](Cc2ccc(C(C)(C)C)cc2)N2C[C@@H](C)O[C@@H](C)C2)CCCCC1. The van der Waals surface area contributed by atoms with Crippen LogP contribution in [0.3, 0.4) is 0 Å². The Morgan fingerprint density at radius 1 is 1.04 bits per heavy atom. The van der Waals surface area contributed by atoms with Gasteiger partial charge in [-0.15, -0.1) is 0 Å². The molecular formula is C24H41NO2Si. The minimum absolute atomic E-state index is 0.109. The average Bonchev–Trinajstić information content (AvgIpc) is 2.65. The molecule has 3 rings (SSSR count). The molecule has 0 spiro atoms. The molecule has 0 radical (unpaired) electrons. The molecule has 1 aromatic carbocycles. The van der Waals surface area contributed by atoms with E-state index < -0.39 is 8.96 Å². The van der Waals surface area contributed by atoms with Gasteiger partial charge < -0.3 is 14.0 Å². The van der Waals surface area contributed by atoms with Gasteiger partial charge in [-0.1, -0.05) is 64.3 Å². The van der Waals surface area contributed by atoms with Gasteiger partial charge in [0.15, 0.2) is 8.96 Å². The Morgan fingerprint density at radius 3 is 2.11 bits per heavy atom. The van der Waals surface area contributed by atoms with Gasteiger partial charge in [-0.2, -0.15) is 0 Å². The van der Waals surface area contributed by atoms with Crippen LogP contribution in [0.4, 0.5) is 0 Å². The Kier molecular flexibility index (Phi) is 7.07. The van der Waals surface area contributed by atoms with Crippen LogP contribution in [0.1, 0.15) is 77.8 Å². The zero-order valence-corrected chi connectivity index (χ0v) is 20.1. The highest BCUT2D eigenvalue weighted by atomic mass is 28.3. The van der Waals surface area contributed by atoms with Gasteiger partial charge in [0.1, 0.15) is 0 Å². The lowest BCUT2D eigenvalue weighted by atomic mass is 9.87. The Labute approximate surface area is 174 Å². The number of rotatable bonds is 5. The molecule has 1 saturated heterocycles. The van der Waals surface area contributed by atoms with E-state index in [4.69, 9.17) is 9.47 Å². The number of morpholine rings is 1. The van der Waals surface area contributed by atoms with Gasteiger partial charge in [0.2, 0.25) is 0 Å². The third-order valence-electron chi connectivity index (χ3n) is 6.85. The summed E-state index contributed by atoms with van der Waals surface area (Å²) in [5, 5.41) is 0.109. The summed E-state index contributed by atoms with van der Waals surface area (Å²) in [4.78, 5) is 0. The Hall–Kier alpha value is -0.683. The van der Waals surface area contributed by atoms with Crippen LogP contribution < -0.4 is 0 Å². The highest BCUT2D eigenvalue weighted by molar-refractivity contribution is 6.58.